The highest BCUT2D eigenvalue weighted by Gasteiger charge is 2.24. The fraction of sp³-hybridized carbons (Fsp3) is 0.364. The number of aromatic amines is 1. The predicted molar refractivity (Wildman–Crippen MR) is 66.6 cm³/mol. The lowest BCUT2D eigenvalue weighted by atomic mass is 10.2. The van der Waals surface area contributed by atoms with Crippen LogP contribution >= 0.6 is 0 Å². The Labute approximate surface area is 110 Å². The minimum atomic E-state index is -3.77. The fourth-order valence-corrected chi connectivity index (χ4v) is 2.87. The Kier molecular flexibility index (Phi) is 4.03. The Morgan fingerprint density at radius 2 is 2.32 bits per heavy atom. The minimum absolute atomic E-state index is 0.200. The second kappa shape index (κ2) is 5.55. The van der Waals surface area contributed by atoms with Gasteiger partial charge in [0.15, 0.2) is 0 Å². The molecule has 0 spiro atoms. The van der Waals surface area contributed by atoms with Crippen LogP contribution in [0, 0.1) is 0 Å². The summed E-state index contributed by atoms with van der Waals surface area (Å²) in [4.78, 5) is 6.90. The van der Waals surface area contributed by atoms with Crippen LogP contribution in [0.15, 0.2) is 34.0 Å². The summed E-state index contributed by atoms with van der Waals surface area (Å²) in [6.07, 6.45) is 3.73. The largest absolute Gasteiger partial charge is 0.446 e. The van der Waals surface area contributed by atoms with Crippen molar-refractivity contribution in [3.05, 3.63) is 36.1 Å². The number of furan rings is 1. The van der Waals surface area contributed by atoms with E-state index in [0.29, 0.717) is 12.2 Å². The molecule has 1 atom stereocenters. The van der Waals surface area contributed by atoms with Gasteiger partial charge in [-0.2, -0.15) is 4.72 Å². The molecule has 3 N–H and O–H groups in total. The van der Waals surface area contributed by atoms with Crippen LogP contribution < -0.4 is 4.72 Å². The zero-order valence-corrected chi connectivity index (χ0v) is 11.1. The van der Waals surface area contributed by atoms with E-state index < -0.39 is 16.1 Å². The van der Waals surface area contributed by atoms with Crippen LogP contribution in [0.2, 0.25) is 0 Å². The van der Waals surface area contributed by atoms with Crippen molar-refractivity contribution >= 4 is 10.0 Å². The van der Waals surface area contributed by atoms with Crippen molar-refractivity contribution in [2.45, 2.75) is 31.1 Å². The number of aliphatic hydroxyl groups is 1. The summed E-state index contributed by atoms with van der Waals surface area (Å²) in [6.45, 7) is 1.50. The molecule has 0 bridgehead atoms. The van der Waals surface area contributed by atoms with Crippen LogP contribution in [0.3, 0.4) is 0 Å². The third kappa shape index (κ3) is 3.03. The van der Waals surface area contributed by atoms with Gasteiger partial charge in [-0.05, 0) is 18.6 Å². The van der Waals surface area contributed by atoms with E-state index in [1.807, 2.05) is 6.92 Å². The molecule has 19 heavy (non-hydrogen) atoms. The van der Waals surface area contributed by atoms with E-state index in [-0.39, 0.29) is 17.5 Å². The number of aliphatic hydroxyl groups excluding tert-OH is 1. The molecule has 2 aromatic heterocycles. The lowest BCUT2D eigenvalue weighted by Gasteiger charge is -2.13. The number of rotatable bonds is 6. The zero-order valence-electron chi connectivity index (χ0n) is 10.3. The molecule has 7 nitrogen and oxygen atoms in total. The maximum Gasteiger partial charge on any atom is 0.274 e. The molecular weight excluding hydrogens is 270 g/mol. The second-order valence-corrected chi connectivity index (χ2v) is 5.58. The summed E-state index contributed by atoms with van der Waals surface area (Å²) >= 11 is 0. The Morgan fingerprint density at radius 1 is 1.53 bits per heavy atom. The van der Waals surface area contributed by atoms with Gasteiger partial charge >= 0.3 is 0 Å². The molecule has 0 saturated heterocycles. The Morgan fingerprint density at radius 3 is 2.84 bits per heavy atom. The molecule has 0 aromatic carbocycles. The topological polar surface area (TPSA) is 108 Å². The summed E-state index contributed by atoms with van der Waals surface area (Å²) in [5.74, 6) is 0.742. The molecule has 0 aliphatic heterocycles. The quantitative estimate of drug-likeness (QED) is 0.731. The van der Waals surface area contributed by atoms with Crippen LogP contribution in [0.25, 0.3) is 0 Å². The molecule has 0 fully saturated rings. The van der Waals surface area contributed by atoms with Gasteiger partial charge < -0.3 is 14.5 Å². The number of imidazole rings is 1. The number of nitrogens with zero attached hydrogens (tertiary/aromatic N) is 1. The van der Waals surface area contributed by atoms with E-state index in [0.717, 1.165) is 0 Å². The van der Waals surface area contributed by atoms with Crippen LogP contribution in [-0.4, -0.2) is 23.5 Å². The number of hydrogen-bond acceptors (Lipinski definition) is 5. The monoisotopic (exact) mass is 285 g/mol. The first kappa shape index (κ1) is 13.8. The number of sulfonamides is 1. The second-order valence-electron chi connectivity index (χ2n) is 3.94. The molecule has 104 valence electrons. The van der Waals surface area contributed by atoms with E-state index in [2.05, 4.69) is 14.7 Å². The van der Waals surface area contributed by atoms with E-state index in [9.17, 15) is 8.42 Å². The first-order chi connectivity index (χ1) is 9.06. The average Bonchev–Trinajstić information content (AvgIpc) is 3.06. The third-order valence-corrected chi connectivity index (χ3v) is 3.96. The van der Waals surface area contributed by atoms with E-state index >= 15 is 0 Å². The van der Waals surface area contributed by atoms with Crippen LogP contribution in [0.5, 0.6) is 0 Å². The number of nitrogens with one attached hydrogen (secondary N) is 2. The van der Waals surface area contributed by atoms with Crippen molar-refractivity contribution in [3.63, 3.8) is 0 Å². The van der Waals surface area contributed by atoms with Gasteiger partial charge in [0, 0.05) is 12.4 Å². The van der Waals surface area contributed by atoms with Crippen molar-refractivity contribution in [1.29, 1.82) is 0 Å². The summed E-state index contributed by atoms with van der Waals surface area (Å²) in [7, 11) is -3.77. The van der Waals surface area contributed by atoms with Crippen molar-refractivity contribution in [1.82, 2.24) is 14.7 Å². The summed E-state index contributed by atoms with van der Waals surface area (Å²) < 4.78 is 31.7. The highest BCUT2D eigenvalue weighted by atomic mass is 32.2. The molecule has 0 aliphatic carbocycles. The van der Waals surface area contributed by atoms with Gasteiger partial charge in [-0.3, -0.25) is 0 Å². The van der Waals surface area contributed by atoms with Crippen LogP contribution in [0.1, 0.15) is 31.0 Å². The molecule has 8 heteroatoms. The van der Waals surface area contributed by atoms with Gasteiger partial charge in [0.05, 0.1) is 6.04 Å². The van der Waals surface area contributed by atoms with Gasteiger partial charge in [-0.1, -0.05) is 6.92 Å². The van der Waals surface area contributed by atoms with Crippen molar-refractivity contribution < 1.29 is 17.9 Å². The van der Waals surface area contributed by atoms with Gasteiger partial charge in [-0.15, -0.1) is 0 Å². The lowest BCUT2D eigenvalue weighted by molar-refractivity contribution is 0.236. The number of aromatic nitrogens is 2. The summed E-state index contributed by atoms with van der Waals surface area (Å²) in [5.41, 5.74) is 0. The molecule has 2 aromatic rings. The molecule has 1 unspecified atom stereocenters. The predicted octanol–water partition coefficient (Wildman–Crippen LogP) is 0.925. The molecule has 2 heterocycles. The van der Waals surface area contributed by atoms with Crippen molar-refractivity contribution in [3.8, 4) is 0 Å². The Hall–Kier alpha value is -1.64. The zero-order chi connectivity index (χ0) is 13.9. The van der Waals surface area contributed by atoms with Crippen molar-refractivity contribution in [2.24, 2.45) is 0 Å². The minimum Gasteiger partial charge on any atom is -0.446 e. The van der Waals surface area contributed by atoms with E-state index in [1.165, 1.54) is 12.1 Å². The first-order valence-electron chi connectivity index (χ1n) is 5.78. The smallest absolute Gasteiger partial charge is 0.274 e. The fourth-order valence-electron chi connectivity index (χ4n) is 1.63. The third-order valence-electron chi connectivity index (χ3n) is 2.61. The van der Waals surface area contributed by atoms with Crippen LogP contribution in [0.4, 0.5) is 0 Å². The van der Waals surface area contributed by atoms with Gasteiger partial charge in [0.25, 0.3) is 10.0 Å². The van der Waals surface area contributed by atoms with Gasteiger partial charge in [0.2, 0.25) is 5.09 Å². The van der Waals surface area contributed by atoms with E-state index in [4.69, 9.17) is 9.52 Å². The number of hydrogen-bond donors (Lipinski definition) is 3. The maximum atomic E-state index is 12.1. The highest BCUT2D eigenvalue weighted by molar-refractivity contribution is 7.89. The lowest BCUT2D eigenvalue weighted by Crippen LogP contribution is -2.28. The average molecular weight is 285 g/mol. The Balaban J connectivity index is 2.20. The SMILES string of the molecule is CCC(NS(=O)(=O)c1ccc(CO)o1)c1ncc[nH]1. The molecule has 0 amide bonds. The molecule has 0 aliphatic rings. The molecule has 2 rings (SSSR count). The number of H-pyrrole nitrogens is 1. The first-order valence-corrected chi connectivity index (χ1v) is 7.26. The maximum absolute atomic E-state index is 12.1. The van der Waals surface area contributed by atoms with E-state index in [1.54, 1.807) is 12.4 Å². The Bertz CT molecular complexity index is 618. The van der Waals surface area contributed by atoms with Crippen molar-refractivity contribution in [2.75, 3.05) is 0 Å². The standard InChI is InChI=1S/C11H15N3O4S/c1-2-9(11-12-5-6-13-11)14-19(16,17)10-4-3-8(7-15)18-10/h3-6,9,14-15H,2,7H2,1H3,(H,12,13). The molecule has 0 radical (unpaired) electrons. The summed E-state index contributed by atoms with van der Waals surface area (Å²) in [6, 6.07) is 2.27. The summed E-state index contributed by atoms with van der Waals surface area (Å²) in [5, 5.41) is 8.65. The van der Waals surface area contributed by atoms with Crippen LogP contribution in [-0.2, 0) is 16.6 Å². The van der Waals surface area contributed by atoms with Gasteiger partial charge in [-0.25, -0.2) is 13.4 Å². The van der Waals surface area contributed by atoms with Gasteiger partial charge in [0.1, 0.15) is 18.2 Å². The normalized spacial score (nSPS) is 13.6. The molecule has 0 saturated carbocycles. The molecular formula is C11H15N3O4S. The highest BCUT2D eigenvalue weighted by Crippen LogP contribution is 2.19.